The van der Waals surface area contributed by atoms with Gasteiger partial charge in [0, 0.05) is 29.6 Å². The van der Waals surface area contributed by atoms with Crippen molar-refractivity contribution in [2.24, 2.45) is 0 Å². The van der Waals surface area contributed by atoms with E-state index < -0.39 is 28.5 Å². The molecule has 0 saturated carbocycles. The molecule has 0 heterocycles. The molecule has 1 atom stereocenters. The highest BCUT2D eigenvalue weighted by Gasteiger charge is 2.35. The highest BCUT2D eigenvalue weighted by molar-refractivity contribution is 7.92. The van der Waals surface area contributed by atoms with Crippen molar-refractivity contribution in [2.45, 2.75) is 50.6 Å². The zero-order valence-electron chi connectivity index (χ0n) is 26.7. The summed E-state index contributed by atoms with van der Waals surface area (Å²) in [7, 11) is -2.75. The molecule has 2 amide bonds. The predicted molar refractivity (Wildman–Crippen MR) is 188 cm³/mol. The van der Waals surface area contributed by atoms with Crippen LogP contribution in [0.4, 0.5) is 5.69 Å². The van der Waals surface area contributed by atoms with E-state index in [1.54, 1.807) is 54.6 Å². The number of methoxy groups -OCH3 is 1. The number of anilines is 1. The van der Waals surface area contributed by atoms with Crippen LogP contribution in [0.25, 0.3) is 0 Å². The number of nitrogens with zero attached hydrogens (tertiary/aromatic N) is 2. The molecule has 8 nitrogen and oxygen atoms in total. The first-order valence-corrected chi connectivity index (χ1v) is 17.5. The second kappa shape index (κ2) is 16.7. The molecule has 4 aromatic rings. The Morgan fingerprint density at radius 2 is 1.60 bits per heavy atom. The Morgan fingerprint density at radius 3 is 2.21 bits per heavy atom. The molecule has 0 radical (unpaired) electrons. The Morgan fingerprint density at radius 1 is 0.915 bits per heavy atom. The lowest BCUT2D eigenvalue weighted by atomic mass is 10.0. The van der Waals surface area contributed by atoms with Crippen molar-refractivity contribution in [3.8, 4) is 5.75 Å². The van der Waals surface area contributed by atoms with Crippen LogP contribution < -0.4 is 14.4 Å². The minimum absolute atomic E-state index is 0.0166. The average Bonchev–Trinajstić information content (AvgIpc) is 3.07. The molecule has 11 heteroatoms. The van der Waals surface area contributed by atoms with Gasteiger partial charge in [-0.2, -0.15) is 0 Å². The quantitative estimate of drug-likeness (QED) is 0.134. The molecule has 0 aliphatic rings. The van der Waals surface area contributed by atoms with E-state index in [2.05, 4.69) is 5.32 Å². The maximum absolute atomic E-state index is 14.6. The number of halogens is 2. The number of unbranched alkanes of at least 4 members (excludes halogenated alkanes) is 1. The third-order valence-corrected chi connectivity index (χ3v) is 10.1. The Hall–Kier alpha value is -4.05. The smallest absolute Gasteiger partial charge is 0.264 e. The largest absolute Gasteiger partial charge is 0.497 e. The standard InChI is InChI=1S/C36H39Cl2N3O5S/c1-4-5-21-39-36(43)34(22-27-9-7-6-8-10-27)40(24-28-13-14-29(37)23-33(28)38)35(42)25-41(30-15-11-26(2)12-16-30)47(44,45)32-19-17-31(46-3)18-20-32/h6-20,23,34H,4-5,21-22,24-25H2,1-3H3,(H,39,43)/t34-/m0/s1. The fraction of sp³-hybridized carbons (Fsp3) is 0.278. The molecular formula is C36H39Cl2N3O5S. The SMILES string of the molecule is CCCCNC(=O)[C@H](Cc1ccccc1)N(Cc1ccc(Cl)cc1Cl)C(=O)CN(c1ccc(C)cc1)S(=O)(=O)c1ccc(OC)cc1. The summed E-state index contributed by atoms with van der Waals surface area (Å²) in [6, 6.07) is 26.2. The summed E-state index contributed by atoms with van der Waals surface area (Å²) in [5.74, 6) is -0.438. The molecule has 4 rings (SSSR count). The van der Waals surface area contributed by atoms with E-state index in [1.807, 2.05) is 44.2 Å². The molecule has 0 spiro atoms. The van der Waals surface area contributed by atoms with Crippen LogP contribution >= 0.6 is 23.2 Å². The fourth-order valence-corrected chi connectivity index (χ4v) is 6.89. The number of rotatable bonds is 15. The number of aryl methyl sites for hydroxylation is 1. The number of hydrogen-bond donors (Lipinski definition) is 1. The molecule has 0 fully saturated rings. The van der Waals surface area contributed by atoms with Crippen molar-refractivity contribution in [2.75, 3.05) is 24.5 Å². The average molecular weight is 697 g/mol. The van der Waals surface area contributed by atoms with Crippen molar-refractivity contribution in [1.82, 2.24) is 10.2 Å². The highest BCUT2D eigenvalue weighted by Crippen LogP contribution is 2.28. The molecule has 0 aromatic heterocycles. The molecule has 0 bridgehead atoms. The Labute approximate surface area is 287 Å². The minimum Gasteiger partial charge on any atom is -0.497 e. The first kappa shape index (κ1) is 35.8. The van der Waals surface area contributed by atoms with E-state index in [-0.39, 0.29) is 23.8 Å². The van der Waals surface area contributed by atoms with E-state index >= 15 is 0 Å². The van der Waals surface area contributed by atoms with Gasteiger partial charge in [0.2, 0.25) is 11.8 Å². The van der Waals surface area contributed by atoms with Crippen LogP contribution in [0.3, 0.4) is 0 Å². The van der Waals surface area contributed by atoms with Gasteiger partial charge in [0.25, 0.3) is 10.0 Å². The molecular weight excluding hydrogens is 657 g/mol. The first-order valence-electron chi connectivity index (χ1n) is 15.3. The lowest BCUT2D eigenvalue weighted by Crippen LogP contribution is -2.53. The van der Waals surface area contributed by atoms with Gasteiger partial charge in [-0.05, 0) is 73.0 Å². The highest BCUT2D eigenvalue weighted by atomic mass is 35.5. The number of hydrogen-bond acceptors (Lipinski definition) is 5. The van der Waals surface area contributed by atoms with Crippen LogP contribution in [0.5, 0.6) is 5.75 Å². The van der Waals surface area contributed by atoms with Crippen LogP contribution in [0.2, 0.25) is 10.0 Å². The first-order chi connectivity index (χ1) is 22.5. The Balaban J connectivity index is 1.80. The van der Waals surface area contributed by atoms with E-state index in [0.29, 0.717) is 33.6 Å². The molecule has 1 N–H and O–H groups in total. The van der Waals surface area contributed by atoms with Gasteiger partial charge in [0.15, 0.2) is 0 Å². The number of carbonyl (C=O) groups is 2. The van der Waals surface area contributed by atoms with Crippen molar-refractivity contribution in [1.29, 1.82) is 0 Å². The number of amides is 2. The van der Waals surface area contributed by atoms with E-state index in [0.717, 1.165) is 28.3 Å². The maximum atomic E-state index is 14.6. The van der Waals surface area contributed by atoms with E-state index in [4.69, 9.17) is 27.9 Å². The van der Waals surface area contributed by atoms with E-state index in [9.17, 15) is 18.0 Å². The molecule has 0 unspecified atom stereocenters. The summed E-state index contributed by atoms with van der Waals surface area (Å²) in [5.41, 5.74) is 2.62. The van der Waals surface area contributed by atoms with Gasteiger partial charge in [-0.25, -0.2) is 8.42 Å². The summed E-state index contributed by atoms with van der Waals surface area (Å²) in [4.78, 5) is 29.8. The third-order valence-electron chi connectivity index (χ3n) is 7.70. The number of carbonyl (C=O) groups excluding carboxylic acids is 2. The lowest BCUT2D eigenvalue weighted by molar-refractivity contribution is -0.140. The van der Waals surface area contributed by atoms with Gasteiger partial charge in [0.1, 0.15) is 18.3 Å². The zero-order valence-corrected chi connectivity index (χ0v) is 29.0. The number of sulfonamides is 1. The topological polar surface area (TPSA) is 96.0 Å². The third kappa shape index (κ3) is 9.50. The molecule has 248 valence electrons. The van der Waals surface area contributed by atoms with Gasteiger partial charge < -0.3 is 15.0 Å². The van der Waals surface area contributed by atoms with Crippen LogP contribution in [0.15, 0.2) is 102 Å². The number of nitrogens with one attached hydrogen (secondary N) is 1. The summed E-state index contributed by atoms with van der Waals surface area (Å²) in [5, 5.41) is 3.72. The summed E-state index contributed by atoms with van der Waals surface area (Å²) in [6.45, 7) is 3.72. The maximum Gasteiger partial charge on any atom is 0.264 e. The summed E-state index contributed by atoms with van der Waals surface area (Å²) < 4.78 is 34.7. The number of benzene rings is 4. The van der Waals surface area contributed by atoms with E-state index in [1.165, 1.54) is 24.1 Å². The number of ether oxygens (including phenoxy) is 1. The second-order valence-electron chi connectivity index (χ2n) is 11.1. The summed E-state index contributed by atoms with van der Waals surface area (Å²) >= 11 is 12.8. The normalized spacial score (nSPS) is 11.9. The van der Waals surface area contributed by atoms with Crippen LogP contribution in [-0.4, -0.2) is 51.4 Å². The summed E-state index contributed by atoms with van der Waals surface area (Å²) in [6.07, 6.45) is 1.84. The molecule has 47 heavy (non-hydrogen) atoms. The van der Waals surface area contributed by atoms with Crippen LogP contribution in [-0.2, 0) is 32.6 Å². The van der Waals surface area contributed by atoms with Gasteiger partial charge in [-0.15, -0.1) is 0 Å². The van der Waals surface area contributed by atoms with Crippen molar-refractivity contribution in [3.63, 3.8) is 0 Å². The van der Waals surface area contributed by atoms with Crippen molar-refractivity contribution in [3.05, 3.63) is 124 Å². The zero-order chi connectivity index (χ0) is 34.0. The second-order valence-corrected chi connectivity index (χ2v) is 13.8. The van der Waals surface area contributed by atoms with Crippen molar-refractivity contribution < 1.29 is 22.7 Å². The molecule has 0 saturated heterocycles. The van der Waals surface area contributed by atoms with Crippen molar-refractivity contribution >= 4 is 50.7 Å². The molecule has 0 aliphatic carbocycles. The van der Waals surface area contributed by atoms with Gasteiger partial charge in [-0.1, -0.05) is 90.6 Å². The molecule has 4 aromatic carbocycles. The molecule has 0 aliphatic heterocycles. The fourth-order valence-electron chi connectivity index (χ4n) is 5.01. The van der Waals surface area contributed by atoms with Crippen LogP contribution in [0.1, 0.15) is 36.5 Å². The predicted octanol–water partition coefficient (Wildman–Crippen LogP) is 7.06. The van der Waals surface area contributed by atoms with Gasteiger partial charge in [-0.3, -0.25) is 13.9 Å². The Kier molecular flexibility index (Phi) is 12.7. The van der Waals surface area contributed by atoms with Gasteiger partial charge in [0.05, 0.1) is 17.7 Å². The minimum atomic E-state index is -4.24. The lowest BCUT2D eigenvalue weighted by Gasteiger charge is -2.34. The monoisotopic (exact) mass is 695 g/mol. The van der Waals surface area contributed by atoms with Gasteiger partial charge >= 0.3 is 0 Å². The Bertz CT molecular complexity index is 1750. The van der Waals surface area contributed by atoms with Crippen LogP contribution in [0, 0.1) is 6.92 Å².